The fourth-order valence-corrected chi connectivity index (χ4v) is 2.15. The average molecular weight is 221 g/mol. The summed E-state index contributed by atoms with van der Waals surface area (Å²) >= 11 is 0. The van der Waals surface area contributed by atoms with Gasteiger partial charge in [-0.2, -0.15) is 5.10 Å². The van der Waals surface area contributed by atoms with Crippen LogP contribution < -0.4 is 5.32 Å². The van der Waals surface area contributed by atoms with Gasteiger partial charge in [0, 0.05) is 11.2 Å². The van der Waals surface area contributed by atoms with Crippen LogP contribution in [0.5, 0.6) is 0 Å². The highest BCUT2D eigenvalue weighted by Gasteiger charge is 2.39. The van der Waals surface area contributed by atoms with Crippen molar-refractivity contribution in [3.8, 4) is 0 Å². The van der Waals surface area contributed by atoms with E-state index in [0.29, 0.717) is 11.5 Å². The maximum absolute atomic E-state index is 12.1. The summed E-state index contributed by atoms with van der Waals surface area (Å²) in [6.07, 6.45) is 2.44. The maximum Gasteiger partial charge on any atom is 0.255 e. The van der Waals surface area contributed by atoms with Gasteiger partial charge in [0.15, 0.2) is 0 Å². The van der Waals surface area contributed by atoms with Crippen LogP contribution in [0.25, 0.3) is 0 Å². The molecular formula is C12H19N3O. The lowest BCUT2D eigenvalue weighted by atomic mass is 9.98. The number of aromatic amines is 1. The van der Waals surface area contributed by atoms with E-state index < -0.39 is 0 Å². The Bertz CT molecular complexity index is 396. The predicted octanol–water partition coefficient (Wildman–Crippen LogP) is 1.94. The number of rotatable bonds is 3. The van der Waals surface area contributed by atoms with Gasteiger partial charge in [-0.1, -0.05) is 0 Å². The van der Waals surface area contributed by atoms with E-state index in [1.165, 1.54) is 12.8 Å². The Morgan fingerprint density at radius 2 is 2.06 bits per heavy atom. The maximum atomic E-state index is 12.1. The van der Waals surface area contributed by atoms with Crippen LogP contribution in [0, 0.1) is 19.8 Å². The first kappa shape index (κ1) is 11.2. The number of aromatic nitrogens is 2. The molecule has 1 aliphatic rings. The van der Waals surface area contributed by atoms with E-state index in [1.54, 1.807) is 0 Å². The van der Waals surface area contributed by atoms with E-state index in [-0.39, 0.29) is 11.4 Å². The molecule has 1 heterocycles. The van der Waals surface area contributed by atoms with Gasteiger partial charge in [-0.15, -0.1) is 0 Å². The van der Waals surface area contributed by atoms with Gasteiger partial charge in [-0.25, -0.2) is 0 Å². The molecule has 1 aromatic rings. The van der Waals surface area contributed by atoms with Crippen molar-refractivity contribution in [2.24, 2.45) is 5.92 Å². The quantitative estimate of drug-likeness (QED) is 0.819. The summed E-state index contributed by atoms with van der Waals surface area (Å²) < 4.78 is 0. The minimum Gasteiger partial charge on any atom is -0.347 e. The van der Waals surface area contributed by atoms with Crippen LogP contribution in [-0.2, 0) is 0 Å². The molecule has 0 radical (unpaired) electrons. The third-order valence-electron chi connectivity index (χ3n) is 3.39. The predicted molar refractivity (Wildman–Crippen MR) is 62.3 cm³/mol. The Labute approximate surface area is 95.8 Å². The Morgan fingerprint density at radius 3 is 2.50 bits per heavy atom. The SMILES string of the molecule is Cc1n[nH]c(C)c1C(=O)NC(C)(C)C1CC1. The molecule has 1 aromatic heterocycles. The largest absolute Gasteiger partial charge is 0.347 e. The van der Waals surface area contributed by atoms with Gasteiger partial charge in [-0.3, -0.25) is 9.89 Å². The molecule has 1 fully saturated rings. The first-order valence-electron chi connectivity index (χ1n) is 5.76. The fraction of sp³-hybridized carbons (Fsp3) is 0.667. The Morgan fingerprint density at radius 1 is 1.44 bits per heavy atom. The number of nitrogens with one attached hydrogen (secondary N) is 2. The third-order valence-corrected chi connectivity index (χ3v) is 3.39. The molecule has 0 spiro atoms. The van der Waals surface area contributed by atoms with Crippen molar-refractivity contribution in [3.63, 3.8) is 0 Å². The van der Waals surface area contributed by atoms with Crippen molar-refractivity contribution < 1.29 is 4.79 Å². The van der Waals surface area contributed by atoms with Crippen molar-refractivity contribution in [3.05, 3.63) is 17.0 Å². The Balaban J connectivity index is 2.14. The lowest BCUT2D eigenvalue weighted by molar-refractivity contribution is 0.0902. The molecule has 1 amide bonds. The number of amides is 1. The highest BCUT2D eigenvalue weighted by Crippen LogP contribution is 2.39. The monoisotopic (exact) mass is 221 g/mol. The summed E-state index contributed by atoms with van der Waals surface area (Å²) in [6, 6.07) is 0. The fourth-order valence-electron chi connectivity index (χ4n) is 2.15. The highest BCUT2D eigenvalue weighted by molar-refractivity contribution is 5.96. The first-order chi connectivity index (χ1) is 7.42. The second kappa shape index (κ2) is 3.61. The minimum atomic E-state index is -0.104. The molecule has 2 rings (SSSR count). The molecule has 1 aliphatic carbocycles. The van der Waals surface area contributed by atoms with E-state index >= 15 is 0 Å². The van der Waals surface area contributed by atoms with Crippen molar-refractivity contribution in [1.82, 2.24) is 15.5 Å². The average Bonchev–Trinajstić information content (AvgIpc) is 2.93. The number of nitrogens with zero attached hydrogens (tertiary/aromatic N) is 1. The summed E-state index contributed by atoms with van der Waals surface area (Å²) in [5, 5.41) is 9.98. The van der Waals surface area contributed by atoms with E-state index in [1.807, 2.05) is 13.8 Å². The summed E-state index contributed by atoms with van der Waals surface area (Å²) in [5.74, 6) is 0.615. The first-order valence-corrected chi connectivity index (χ1v) is 5.76. The molecule has 4 heteroatoms. The Hall–Kier alpha value is -1.32. The number of hydrogen-bond acceptors (Lipinski definition) is 2. The molecule has 4 nitrogen and oxygen atoms in total. The molecule has 0 saturated heterocycles. The number of aryl methyl sites for hydroxylation is 2. The molecule has 88 valence electrons. The lowest BCUT2D eigenvalue weighted by Gasteiger charge is -2.26. The van der Waals surface area contributed by atoms with Gasteiger partial charge >= 0.3 is 0 Å². The molecule has 16 heavy (non-hydrogen) atoms. The van der Waals surface area contributed by atoms with Gasteiger partial charge in [-0.05, 0) is 46.5 Å². The molecular weight excluding hydrogens is 202 g/mol. The molecule has 0 atom stereocenters. The topological polar surface area (TPSA) is 57.8 Å². The Kier molecular flexibility index (Phi) is 2.52. The lowest BCUT2D eigenvalue weighted by Crippen LogP contribution is -2.45. The third kappa shape index (κ3) is 1.96. The smallest absolute Gasteiger partial charge is 0.255 e. The number of H-pyrrole nitrogens is 1. The zero-order valence-corrected chi connectivity index (χ0v) is 10.3. The van der Waals surface area contributed by atoms with Crippen LogP contribution >= 0.6 is 0 Å². The van der Waals surface area contributed by atoms with Gasteiger partial charge in [0.2, 0.25) is 0 Å². The van der Waals surface area contributed by atoms with Gasteiger partial charge in [0.25, 0.3) is 5.91 Å². The number of hydrogen-bond donors (Lipinski definition) is 2. The summed E-state index contributed by atoms with van der Waals surface area (Å²) in [6.45, 7) is 7.90. The summed E-state index contributed by atoms with van der Waals surface area (Å²) in [5.41, 5.74) is 2.18. The normalized spacial score (nSPS) is 16.2. The summed E-state index contributed by atoms with van der Waals surface area (Å²) in [4.78, 5) is 12.1. The molecule has 0 bridgehead atoms. The molecule has 2 N–H and O–H groups in total. The second-order valence-corrected chi connectivity index (χ2v) is 5.26. The van der Waals surface area contributed by atoms with Crippen molar-refractivity contribution >= 4 is 5.91 Å². The number of carbonyl (C=O) groups excluding carboxylic acids is 1. The zero-order valence-electron chi connectivity index (χ0n) is 10.3. The molecule has 1 saturated carbocycles. The summed E-state index contributed by atoms with van der Waals surface area (Å²) in [7, 11) is 0. The van der Waals surface area contributed by atoms with E-state index in [0.717, 1.165) is 11.4 Å². The highest BCUT2D eigenvalue weighted by atomic mass is 16.1. The standard InChI is InChI=1S/C12H19N3O/c1-7-10(8(2)15-14-7)11(16)13-12(3,4)9-5-6-9/h9H,5-6H2,1-4H3,(H,13,16)(H,14,15). The van der Waals surface area contributed by atoms with Crippen LogP contribution in [0.4, 0.5) is 0 Å². The molecule has 0 aromatic carbocycles. The van der Waals surface area contributed by atoms with E-state index in [2.05, 4.69) is 29.4 Å². The van der Waals surface area contributed by atoms with E-state index in [4.69, 9.17) is 0 Å². The van der Waals surface area contributed by atoms with Gasteiger partial charge in [0.05, 0.1) is 11.3 Å². The van der Waals surface area contributed by atoms with Crippen molar-refractivity contribution in [2.45, 2.75) is 46.1 Å². The number of carbonyl (C=O) groups is 1. The van der Waals surface area contributed by atoms with Gasteiger partial charge in [0.1, 0.15) is 0 Å². The van der Waals surface area contributed by atoms with Crippen molar-refractivity contribution in [1.29, 1.82) is 0 Å². The van der Waals surface area contributed by atoms with Crippen LogP contribution in [0.2, 0.25) is 0 Å². The minimum absolute atomic E-state index is 0.0133. The van der Waals surface area contributed by atoms with Crippen LogP contribution in [0.3, 0.4) is 0 Å². The molecule has 0 aliphatic heterocycles. The van der Waals surface area contributed by atoms with Crippen molar-refractivity contribution in [2.75, 3.05) is 0 Å². The van der Waals surface area contributed by atoms with Crippen LogP contribution in [0.15, 0.2) is 0 Å². The van der Waals surface area contributed by atoms with Crippen LogP contribution in [-0.4, -0.2) is 21.6 Å². The van der Waals surface area contributed by atoms with E-state index in [9.17, 15) is 4.79 Å². The van der Waals surface area contributed by atoms with Crippen LogP contribution in [0.1, 0.15) is 48.4 Å². The molecule has 0 unspecified atom stereocenters. The second-order valence-electron chi connectivity index (χ2n) is 5.26. The zero-order chi connectivity index (χ0) is 11.9. The van der Waals surface area contributed by atoms with Gasteiger partial charge < -0.3 is 5.32 Å².